The third kappa shape index (κ3) is 8.55. The van der Waals surface area contributed by atoms with Crippen LogP contribution in [0, 0.1) is 12.3 Å². The highest BCUT2D eigenvalue weighted by atomic mass is 127. The van der Waals surface area contributed by atoms with E-state index in [1.54, 1.807) is 14.2 Å². The standard InChI is InChI=1S/C18H31N3O.HI/c1-14-7-9-15(10-8-14)11-12-20-17(19-5)21-13-16(22-6)18(2,3)4;/h7-10,16H,11-13H2,1-6H3,(H2,19,20,21);1H. The predicted molar refractivity (Wildman–Crippen MR) is 110 cm³/mol. The molecule has 0 saturated carbocycles. The van der Waals surface area contributed by atoms with Crippen molar-refractivity contribution in [2.24, 2.45) is 10.4 Å². The number of rotatable bonds is 6. The maximum atomic E-state index is 5.55. The minimum absolute atomic E-state index is 0. The van der Waals surface area contributed by atoms with Gasteiger partial charge < -0.3 is 15.4 Å². The van der Waals surface area contributed by atoms with Crippen molar-refractivity contribution in [3.8, 4) is 0 Å². The molecule has 132 valence electrons. The third-order valence-corrected chi connectivity index (χ3v) is 3.76. The van der Waals surface area contributed by atoms with Crippen LogP contribution in [0.3, 0.4) is 0 Å². The molecule has 0 heterocycles. The molecule has 0 aliphatic heterocycles. The lowest BCUT2D eigenvalue weighted by atomic mass is 9.89. The van der Waals surface area contributed by atoms with Crippen LogP contribution >= 0.6 is 24.0 Å². The number of methoxy groups -OCH3 is 1. The Kier molecular flexibility index (Phi) is 10.5. The van der Waals surface area contributed by atoms with Gasteiger partial charge in [0.05, 0.1) is 6.10 Å². The Morgan fingerprint density at radius 1 is 1.17 bits per heavy atom. The molecule has 5 heteroatoms. The first-order valence-corrected chi connectivity index (χ1v) is 7.89. The Hall–Kier alpha value is -0.820. The zero-order chi connectivity index (χ0) is 16.6. The lowest BCUT2D eigenvalue weighted by Crippen LogP contribution is -2.45. The van der Waals surface area contributed by atoms with Gasteiger partial charge in [0.2, 0.25) is 0 Å². The van der Waals surface area contributed by atoms with E-state index in [4.69, 9.17) is 4.74 Å². The molecule has 4 nitrogen and oxygen atoms in total. The fraction of sp³-hybridized carbons (Fsp3) is 0.611. The Morgan fingerprint density at radius 2 is 1.78 bits per heavy atom. The summed E-state index contributed by atoms with van der Waals surface area (Å²) in [4.78, 5) is 4.26. The molecule has 0 bridgehead atoms. The summed E-state index contributed by atoms with van der Waals surface area (Å²) in [5.41, 5.74) is 2.72. The molecule has 1 atom stereocenters. The maximum absolute atomic E-state index is 5.55. The van der Waals surface area contributed by atoms with Gasteiger partial charge in [0, 0.05) is 27.2 Å². The molecule has 1 rings (SSSR count). The van der Waals surface area contributed by atoms with E-state index in [0.717, 1.165) is 25.5 Å². The molecule has 1 unspecified atom stereocenters. The van der Waals surface area contributed by atoms with Crippen LogP contribution in [0.25, 0.3) is 0 Å². The summed E-state index contributed by atoms with van der Waals surface area (Å²) in [5.74, 6) is 0.818. The summed E-state index contributed by atoms with van der Waals surface area (Å²) in [7, 11) is 3.55. The summed E-state index contributed by atoms with van der Waals surface area (Å²) in [6.07, 6.45) is 1.12. The largest absolute Gasteiger partial charge is 0.379 e. The summed E-state index contributed by atoms with van der Waals surface area (Å²) in [5, 5.41) is 6.68. The van der Waals surface area contributed by atoms with E-state index in [1.165, 1.54) is 11.1 Å². The average molecular weight is 433 g/mol. The van der Waals surface area contributed by atoms with Gasteiger partial charge >= 0.3 is 0 Å². The highest BCUT2D eigenvalue weighted by Gasteiger charge is 2.24. The number of ether oxygens (including phenoxy) is 1. The molecule has 0 aromatic heterocycles. The number of aliphatic imine (C=N–C) groups is 1. The SMILES string of the molecule is CN=C(NCCc1ccc(C)cc1)NCC(OC)C(C)(C)C.I. The summed E-state index contributed by atoms with van der Waals surface area (Å²) < 4.78 is 5.55. The van der Waals surface area contributed by atoms with Crippen molar-refractivity contribution in [1.29, 1.82) is 0 Å². The fourth-order valence-corrected chi connectivity index (χ4v) is 2.23. The number of guanidine groups is 1. The Labute approximate surface area is 158 Å². The van der Waals surface area contributed by atoms with E-state index in [2.05, 4.69) is 67.6 Å². The zero-order valence-electron chi connectivity index (χ0n) is 15.3. The van der Waals surface area contributed by atoms with Crippen LogP contribution in [0.5, 0.6) is 0 Å². The van der Waals surface area contributed by atoms with Crippen LogP contribution in [-0.4, -0.2) is 39.3 Å². The van der Waals surface area contributed by atoms with Crippen molar-refractivity contribution < 1.29 is 4.74 Å². The van der Waals surface area contributed by atoms with E-state index in [1.807, 2.05) is 0 Å². The van der Waals surface area contributed by atoms with Gasteiger partial charge in [0.15, 0.2) is 5.96 Å². The number of benzene rings is 1. The summed E-state index contributed by atoms with van der Waals surface area (Å²) in [6, 6.07) is 8.64. The number of nitrogens with zero attached hydrogens (tertiary/aromatic N) is 1. The van der Waals surface area contributed by atoms with Crippen molar-refractivity contribution in [2.45, 2.75) is 40.2 Å². The highest BCUT2D eigenvalue weighted by molar-refractivity contribution is 14.0. The quantitative estimate of drug-likeness (QED) is 0.411. The number of hydrogen-bond acceptors (Lipinski definition) is 2. The predicted octanol–water partition coefficient (Wildman–Crippen LogP) is 3.38. The van der Waals surface area contributed by atoms with Crippen LogP contribution in [0.2, 0.25) is 0 Å². The second-order valence-electron chi connectivity index (χ2n) is 6.71. The third-order valence-electron chi connectivity index (χ3n) is 3.76. The number of hydrogen-bond donors (Lipinski definition) is 2. The Balaban J connectivity index is 0.00000484. The lowest BCUT2D eigenvalue weighted by molar-refractivity contribution is 0.0205. The van der Waals surface area contributed by atoms with Crippen molar-refractivity contribution in [2.75, 3.05) is 27.2 Å². The van der Waals surface area contributed by atoms with E-state index < -0.39 is 0 Å². The number of halogens is 1. The van der Waals surface area contributed by atoms with Gasteiger partial charge in [-0.3, -0.25) is 4.99 Å². The molecule has 23 heavy (non-hydrogen) atoms. The van der Waals surface area contributed by atoms with Gasteiger partial charge in [-0.1, -0.05) is 50.6 Å². The fourth-order valence-electron chi connectivity index (χ4n) is 2.23. The number of aryl methyl sites for hydroxylation is 1. The first kappa shape index (κ1) is 22.2. The first-order chi connectivity index (χ1) is 10.4. The van der Waals surface area contributed by atoms with Crippen LogP contribution in [0.4, 0.5) is 0 Å². The van der Waals surface area contributed by atoms with Gasteiger partial charge in [-0.2, -0.15) is 0 Å². The van der Waals surface area contributed by atoms with Crippen LogP contribution in [0.1, 0.15) is 31.9 Å². The summed E-state index contributed by atoms with van der Waals surface area (Å²) in [6.45, 7) is 10.2. The smallest absolute Gasteiger partial charge is 0.191 e. The average Bonchev–Trinajstić information content (AvgIpc) is 2.46. The van der Waals surface area contributed by atoms with Gasteiger partial charge in [-0.05, 0) is 24.3 Å². The molecule has 0 amide bonds. The molecule has 0 radical (unpaired) electrons. The molecule has 0 fully saturated rings. The number of nitrogens with one attached hydrogen (secondary N) is 2. The Morgan fingerprint density at radius 3 is 2.26 bits per heavy atom. The molecule has 0 aliphatic carbocycles. The monoisotopic (exact) mass is 433 g/mol. The van der Waals surface area contributed by atoms with E-state index in [0.29, 0.717) is 0 Å². The second-order valence-corrected chi connectivity index (χ2v) is 6.71. The molecule has 0 aliphatic rings. The summed E-state index contributed by atoms with van der Waals surface area (Å²) >= 11 is 0. The molecule has 1 aromatic carbocycles. The molecule has 0 saturated heterocycles. The van der Waals surface area contributed by atoms with E-state index in [-0.39, 0.29) is 35.5 Å². The van der Waals surface area contributed by atoms with Gasteiger partial charge in [0.25, 0.3) is 0 Å². The lowest BCUT2D eigenvalue weighted by Gasteiger charge is -2.30. The van der Waals surface area contributed by atoms with Crippen molar-refractivity contribution in [1.82, 2.24) is 10.6 Å². The molecule has 1 aromatic rings. The van der Waals surface area contributed by atoms with E-state index >= 15 is 0 Å². The Bertz CT molecular complexity index is 466. The van der Waals surface area contributed by atoms with Gasteiger partial charge in [-0.15, -0.1) is 24.0 Å². The van der Waals surface area contributed by atoms with Crippen LogP contribution in [-0.2, 0) is 11.2 Å². The van der Waals surface area contributed by atoms with Crippen LogP contribution < -0.4 is 10.6 Å². The minimum atomic E-state index is 0. The normalized spacial score (nSPS) is 13.2. The molecule has 0 spiro atoms. The van der Waals surface area contributed by atoms with Crippen molar-refractivity contribution in [3.05, 3.63) is 35.4 Å². The molecular weight excluding hydrogens is 401 g/mol. The van der Waals surface area contributed by atoms with E-state index in [9.17, 15) is 0 Å². The highest BCUT2D eigenvalue weighted by Crippen LogP contribution is 2.20. The molecular formula is C18H32IN3O. The maximum Gasteiger partial charge on any atom is 0.191 e. The van der Waals surface area contributed by atoms with Crippen molar-refractivity contribution in [3.63, 3.8) is 0 Å². The van der Waals surface area contributed by atoms with Crippen LogP contribution in [0.15, 0.2) is 29.3 Å². The second kappa shape index (κ2) is 10.9. The van der Waals surface area contributed by atoms with Gasteiger partial charge in [-0.25, -0.2) is 0 Å². The first-order valence-electron chi connectivity index (χ1n) is 7.89. The van der Waals surface area contributed by atoms with Crippen molar-refractivity contribution >= 4 is 29.9 Å². The van der Waals surface area contributed by atoms with Gasteiger partial charge in [0.1, 0.15) is 0 Å². The topological polar surface area (TPSA) is 45.7 Å². The zero-order valence-corrected chi connectivity index (χ0v) is 17.6. The molecule has 2 N–H and O–H groups in total. The minimum Gasteiger partial charge on any atom is -0.379 e.